The second-order valence-corrected chi connectivity index (χ2v) is 6.96. The molecule has 0 aliphatic carbocycles. The van der Waals surface area contributed by atoms with Crippen molar-refractivity contribution < 1.29 is 4.92 Å². The number of fused-ring (bicyclic) bond motifs is 1. The molecule has 0 radical (unpaired) electrons. The van der Waals surface area contributed by atoms with Gasteiger partial charge in [-0.25, -0.2) is 0 Å². The normalized spacial score (nSPS) is 12.1. The van der Waals surface area contributed by atoms with Crippen molar-refractivity contribution in [3.8, 4) is 0 Å². The van der Waals surface area contributed by atoms with Gasteiger partial charge in [-0.3, -0.25) is 10.1 Å². The lowest BCUT2D eigenvalue weighted by Gasteiger charge is -2.24. The Morgan fingerprint density at radius 2 is 1.87 bits per heavy atom. The standard InChI is InChI=1S/C17H20N2O2S2/c1-3-18(4-2)17(22)23-16(12-19(20)21)15-11-7-9-13-8-5-6-10-14(13)15/h5-11,16H,3-4,12H2,1-2H3. The zero-order valence-electron chi connectivity index (χ0n) is 13.3. The van der Waals surface area contributed by atoms with Gasteiger partial charge in [-0.05, 0) is 30.2 Å². The summed E-state index contributed by atoms with van der Waals surface area (Å²) in [6.45, 7) is 5.56. The molecule has 0 spiro atoms. The van der Waals surface area contributed by atoms with Crippen molar-refractivity contribution in [2.45, 2.75) is 19.1 Å². The topological polar surface area (TPSA) is 46.4 Å². The highest BCUT2D eigenvalue weighted by atomic mass is 32.2. The molecule has 1 atom stereocenters. The largest absolute Gasteiger partial charge is 0.358 e. The van der Waals surface area contributed by atoms with Crippen LogP contribution >= 0.6 is 24.0 Å². The first-order chi connectivity index (χ1) is 11.1. The Bertz CT molecular complexity index is 697. The molecule has 0 N–H and O–H groups in total. The molecule has 2 aromatic carbocycles. The first kappa shape index (κ1) is 17.7. The van der Waals surface area contributed by atoms with Gasteiger partial charge in [-0.15, -0.1) is 0 Å². The summed E-state index contributed by atoms with van der Waals surface area (Å²) in [5, 5.41) is 13.0. The van der Waals surface area contributed by atoms with Gasteiger partial charge in [0.05, 0.1) is 0 Å². The molecular formula is C17H20N2O2S2. The summed E-state index contributed by atoms with van der Waals surface area (Å²) >= 11 is 6.91. The minimum Gasteiger partial charge on any atom is -0.358 e. The molecule has 0 aromatic heterocycles. The third kappa shape index (κ3) is 4.42. The van der Waals surface area contributed by atoms with Crippen LogP contribution in [-0.2, 0) is 0 Å². The van der Waals surface area contributed by atoms with Crippen molar-refractivity contribution in [1.29, 1.82) is 0 Å². The van der Waals surface area contributed by atoms with Crippen molar-refractivity contribution in [2.24, 2.45) is 0 Å². The van der Waals surface area contributed by atoms with Gasteiger partial charge in [-0.1, -0.05) is 66.4 Å². The molecule has 0 fully saturated rings. The summed E-state index contributed by atoms with van der Waals surface area (Å²) in [4.78, 5) is 12.9. The Morgan fingerprint density at radius 3 is 2.52 bits per heavy atom. The summed E-state index contributed by atoms with van der Waals surface area (Å²) in [5.41, 5.74) is 0.972. The highest BCUT2D eigenvalue weighted by molar-refractivity contribution is 8.23. The Balaban J connectivity index is 2.37. The van der Waals surface area contributed by atoms with Crippen LogP contribution in [0.2, 0.25) is 0 Å². The molecule has 0 aliphatic heterocycles. The summed E-state index contributed by atoms with van der Waals surface area (Å²) < 4.78 is 0.717. The predicted molar refractivity (Wildman–Crippen MR) is 102 cm³/mol. The van der Waals surface area contributed by atoms with E-state index in [-0.39, 0.29) is 16.7 Å². The van der Waals surface area contributed by atoms with Gasteiger partial charge in [0.15, 0.2) is 0 Å². The average Bonchev–Trinajstić information content (AvgIpc) is 2.54. The van der Waals surface area contributed by atoms with E-state index in [0.717, 1.165) is 33.7 Å². The Hall–Kier alpha value is -1.66. The van der Waals surface area contributed by atoms with Crippen LogP contribution in [0.1, 0.15) is 24.7 Å². The zero-order valence-corrected chi connectivity index (χ0v) is 14.9. The maximum atomic E-state index is 11.1. The van der Waals surface area contributed by atoms with Gasteiger partial charge < -0.3 is 4.90 Å². The van der Waals surface area contributed by atoms with Crippen molar-refractivity contribution in [3.63, 3.8) is 0 Å². The second-order valence-electron chi connectivity index (χ2n) is 5.13. The van der Waals surface area contributed by atoms with Crippen LogP contribution in [0.3, 0.4) is 0 Å². The molecule has 0 saturated carbocycles. The number of benzene rings is 2. The van der Waals surface area contributed by atoms with Crippen LogP contribution in [0.25, 0.3) is 10.8 Å². The van der Waals surface area contributed by atoms with Gasteiger partial charge in [0, 0.05) is 18.0 Å². The summed E-state index contributed by atoms with van der Waals surface area (Å²) in [6.07, 6.45) is 0. The van der Waals surface area contributed by atoms with Crippen LogP contribution < -0.4 is 0 Å². The third-order valence-electron chi connectivity index (χ3n) is 3.75. The Kier molecular flexibility index (Phi) is 6.36. The molecule has 0 aliphatic rings. The van der Waals surface area contributed by atoms with Gasteiger partial charge in [0.25, 0.3) is 0 Å². The van der Waals surface area contributed by atoms with Crippen molar-refractivity contribution >= 4 is 39.1 Å². The first-order valence-corrected chi connectivity index (χ1v) is 8.90. The van der Waals surface area contributed by atoms with Crippen LogP contribution in [0.4, 0.5) is 0 Å². The quantitative estimate of drug-likeness (QED) is 0.436. The van der Waals surface area contributed by atoms with E-state index in [2.05, 4.69) is 4.90 Å². The van der Waals surface area contributed by atoms with Gasteiger partial charge in [0.2, 0.25) is 6.54 Å². The predicted octanol–water partition coefficient (Wildman–Crippen LogP) is 4.52. The molecule has 0 heterocycles. The molecule has 0 saturated heterocycles. The highest BCUT2D eigenvalue weighted by Gasteiger charge is 2.24. The highest BCUT2D eigenvalue weighted by Crippen LogP contribution is 2.35. The molecule has 2 aromatic rings. The van der Waals surface area contributed by atoms with E-state index in [1.165, 1.54) is 11.8 Å². The SMILES string of the molecule is CCN(CC)C(=S)SC(C[N+](=O)[O-])c1cccc2ccccc12. The number of nitrogens with zero attached hydrogens (tertiary/aromatic N) is 2. The smallest absolute Gasteiger partial charge is 0.220 e. The first-order valence-electron chi connectivity index (χ1n) is 7.61. The lowest BCUT2D eigenvalue weighted by molar-refractivity contribution is -0.479. The fraction of sp³-hybridized carbons (Fsp3) is 0.353. The zero-order chi connectivity index (χ0) is 16.8. The Labute approximate surface area is 146 Å². The van der Waals surface area contributed by atoms with Gasteiger partial charge in [0.1, 0.15) is 9.57 Å². The lowest BCUT2D eigenvalue weighted by Crippen LogP contribution is -2.28. The van der Waals surface area contributed by atoms with Crippen molar-refractivity contribution in [3.05, 3.63) is 58.1 Å². The molecule has 6 heteroatoms. The average molecular weight is 348 g/mol. The van der Waals surface area contributed by atoms with Crippen LogP contribution in [0.15, 0.2) is 42.5 Å². The number of hydrogen-bond acceptors (Lipinski definition) is 4. The Morgan fingerprint density at radius 1 is 1.22 bits per heavy atom. The van der Waals surface area contributed by atoms with Crippen molar-refractivity contribution in [2.75, 3.05) is 19.6 Å². The summed E-state index contributed by atoms with van der Waals surface area (Å²) in [5.74, 6) is 0. The third-order valence-corrected chi connectivity index (χ3v) is 5.44. The second kappa shape index (κ2) is 8.26. The van der Waals surface area contributed by atoms with Gasteiger partial charge in [-0.2, -0.15) is 0 Å². The van der Waals surface area contributed by atoms with E-state index < -0.39 is 0 Å². The van der Waals surface area contributed by atoms with Crippen LogP contribution in [-0.4, -0.2) is 33.8 Å². The molecule has 122 valence electrons. The molecule has 4 nitrogen and oxygen atoms in total. The monoisotopic (exact) mass is 348 g/mol. The number of thioether (sulfide) groups is 1. The summed E-state index contributed by atoms with van der Waals surface area (Å²) in [7, 11) is 0. The summed E-state index contributed by atoms with van der Waals surface area (Å²) in [6, 6.07) is 13.9. The van der Waals surface area contributed by atoms with E-state index >= 15 is 0 Å². The van der Waals surface area contributed by atoms with E-state index in [1.807, 2.05) is 56.3 Å². The van der Waals surface area contributed by atoms with Crippen LogP contribution in [0.5, 0.6) is 0 Å². The number of hydrogen-bond donors (Lipinski definition) is 0. The number of thiocarbonyl (C=S) groups is 1. The maximum absolute atomic E-state index is 11.1. The van der Waals surface area contributed by atoms with Crippen LogP contribution in [0, 0.1) is 10.1 Å². The molecule has 23 heavy (non-hydrogen) atoms. The minimum atomic E-state index is -0.288. The number of nitro groups is 1. The fourth-order valence-corrected chi connectivity index (χ4v) is 4.33. The van der Waals surface area contributed by atoms with Gasteiger partial charge >= 0.3 is 0 Å². The fourth-order valence-electron chi connectivity index (χ4n) is 2.54. The minimum absolute atomic E-state index is 0.139. The lowest BCUT2D eigenvalue weighted by atomic mass is 10.0. The molecule has 2 rings (SSSR count). The molecule has 1 unspecified atom stereocenters. The van der Waals surface area contributed by atoms with E-state index in [0.29, 0.717) is 0 Å². The maximum Gasteiger partial charge on any atom is 0.220 e. The molecule has 0 amide bonds. The van der Waals surface area contributed by atoms with E-state index in [9.17, 15) is 10.1 Å². The molecular weight excluding hydrogens is 328 g/mol. The van der Waals surface area contributed by atoms with E-state index in [4.69, 9.17) is 12.2 Å². The number of rotatable bonds is 6. The van der Waals surface area contributed by atoms with E-state index in [1.54, 1.807) is 0 Å². The molecule has 0 bridgehead atoms. The van der Waals surface area contributed by atoms with Crippen molar-refractivity contribution in [1.82, 2.24) is 4.90 Å².